The molecule has 1 aromatic carbocycles. The van der Waals surface area contributed by atoms with Gasteiger partial charge in [0.1, 0.15) is 0 Å². The van der Waals surface area contributed by atoms with Crippen molar-refractivity contribution in [3.05, 3.63) is 23.3 Å². The van der Waals surface area contributed by atoms with Crippen molar-refractivity contribution in [1.82, 2.24) is 4.57 Å². The van der Waals surface area contributed by atoms with Crippen LogP contribution in [0, 0.1) is 13.8 Å². The highest BCUT2D eigenvalue weighted by Gasteiger charge is 2.20. The number of aromatic nitrogens is 1. The molecule has 2 aromatic rings. The van der Waals surface area contributed by atoms with Crippen LogP contribution in [-0.2, 0) is 0 Å². The second-order valence-electron chi connectivity index (χ2n) is 4.43. The summed E-state index contributed by atoms with van der Waals surface area (Å²) in [4.78, 5) is 0. The molecule has 0 fully saturated rings. The van der Waals surface area contributed by atoms with Crippen LogP contribution >= 0.6 is 0 Å². The van der Waals surface area contributed by atoms with E-state index < -0.39 is 0 Å². The molecule has 0 unspecified atom stereocenters. The Morgan fingerprint density at radius 3 is 1.60 bits per heavy atom. The monoisotopic (exact) mass is 279 g/mol. The van der Waals surface area contributed by atoms with Gasteiger partial charge in [-0.25, -0.2) is 0 Å². The molecule has 0 spiro atoms. The van der Waals surface area contributed by atoms with Gasteiger partial charge in [-0.2, -0.15) is 0 Å². The molecular weight excluding hydrogens is 262 g/mol. The van der Waals surface area contributed by atoms with Gasteiger partial charge in [0.2, 0.25) is 17.5 Å². The van der Waals surface area contributed by atoms with Crippen molar-refractivity contribution >= 4 is 0 Å². The zero-order valence-electron chi connectivity index (χ0n) is 11.8. The molecule has 1 heterocycles. The van der Waals surface area contributed by atoms with Gasteiger partial charge in [0, 0.05) is 23.3 Å². The Morgan fingerprint density at radius 2 is 1.25 bits per heavy atom. The lowest BCUT2D eigenvalue weighted by Gasteiger charge is -2.13. The topological polar surface area (TPSA) is 84.1 Å². The Kier molecular flexibility index (Phi) is 3.40. The Labute approximate surface area is 116 Å². The molecule has 2 rings (SSSR count). The third-order valence-electron chi connectivity index (χ3n) is 3.38. The first kappa shape index (κ1) is 13.9. The molecule has 0 saturated carbocycles. The van der Waals surface area contributed by atoms with E-state index in [-0.39, 0.29) is 29.0 Å². The molecule has 0 bridgehead atoms. The fourth-order valence-corrected chi connectivity index (χ4v) is 2.02. The van der Waals surface area contributed by atoms with Crippen LogP contribution in [-0.4, -0.2) is 34.1 Å². The minimum atomic E-state index is -0.140. The zero-order valence-corrected chi connectivity index (χ0v) is 11.8. The fourth-order valence-electron chi connectivity index (χ4n) is 2.02. The van der Waals surface area contributed by atoms with Gasteiger partial charge in [-0.15, -0.1) is 0 Å². The highest BCUT2D eigenvalue weighted by atomic mass is 16.5. The lowest BCUT2D eigenvalue weighted by atomic mass is 10.2. The van der Waals surface area contributed by atoms with E-state index in [2.05, 4.69) is 0 Å². The molecule has 0 amide bonds. The number of phenolic OH excluding ortho intramolecular Hbond substituents is 1. The van der Waals surface area contributed by atoms with Gasteiger partial charge in [-0.05, 0) is 13.8 Å². The normalized spacial score (nSPS) is 10.6. The van der Waals surface area contributed by atoms with Crippen molar-refractivity contribution in [2.24, 2.45) is 0 Å². The quantitative estimate of drug-likeness (QED) is 0.802. The van der Waals surface area contributed by atoms with Crippen LogP contribution in [0.25, 0.3) is 5.69 Å². The summed E-state index contributed by atoms with van der Waals surface area (Å²) in [5.74, 6) is 0.0761. The van der Waals surface area contributed by atoms with E-state index in [9.17, 15) is 15.3 Å². The SMILES string of the molecule is COc1cc(-n2c(O)c(C)c(C)c2O)cc(OC)c1O. The standard InChI is InChI=1S/C14H17NO5/c1-7-8(2)14(18)15(13(7)17)9-5-10(19-3)12(16)11(6-9)20-4/h5-6,16-18H,1-4H3. The highest BCUT2D eigenvalue weighted by molar-refractivity contribution is 5.61. The van der Waals surface area contributed by atoms with Crippen molar-refractivity contribution in [3.63, 3.8) is 0 Å². The molecule has 0 aliphatic rings. The number of nitrogens with zero attached hydrogens (tertiary/aromatic N) is 1. The van der Waals surface area contributed by atoms with Gasteiger partial charge in [0.15, 0.2) is 11.5 Å². The molecule has 6 nitrogen and oxygen atoms in total. The summed E-state index contributed by atoms with van der Waals surface area (Å²) in [7, 11) is 2.81. The van der Waals surface area contributed by atoms with E-state index in [1.165, 1.54) is 30.9 Å². The van der Waals surface area contributed by atoms with Gasteiger partial charge in [-0.1, -0.05) is 0 Å². The van der Waals surface area contributed by atoms with Crippen LogP contribution < -0.4 is 9.47 Å². The Balaban J connectivity index is 2.74. The number of methoxy groups -OCH3 is 2. The van der Waals surface area contributed by atoms with E-state index in [1.54, 1.807) is 13.8 Å². The molecule has 20 heavy (non-hydrogen) atoms. The average Bonchev–Trinajstić information content (AvgIpc) is 2.64. The van der Waals surface area contributed by atoms with Crippen LogP contribution in [0.2, 0.25) is 0 Å². The molecule has 0 saturated heterocycles. The summed E-state index contributed by atoms with van der Waals surface area (Å²) >= 11 is 0. The third-order valence-corrected chi connectivity index (χ3v) is 3.38. The van der Waals surface area contributed by atoms with Crippen LogP contribution in [0.3, 0.4) is 0 Å². The molecule has 108 valence electrons. The average molecular weight is 279 g/mol. The number of phenols is 1. The van der Waals surface area contributed by atoms with Crippen molar-refractivity contribution in [2.75, 3.05) is 14.2 Å². The van der Waals surface area contributed by atoms with E-state index in [0.29, 0.717) is 16.8 Å². The Hall–Kier alpha value is -2.50. The van der Waals surface area contributed by atoms with E-state index in [1.807, 2.05) is 0 Å². The number of ether oxygens (including phenoxy) is 2. The van der Waals surface area contributed by atoms with E-state index in [0.717, 1.165) is 0 Å². The van der Waals surface area contributed by atoms with Gasteiger partial charge < -0.3 is 24.8 Å². The predicted molar refractivity (Wildman–Crippen MR) is 73.3 cm³/mol. The number of benzene rings is 1. The minimum absolute atomic E-state index is 0.0743. The third kappa shape index (κ3) is 1.89. The lowest BCUT2D eigenvalue weighted by molar-refractivity contribution is 0.338. The molecule has 0 radical (unpaired) electrons. The van der Waals surface area contributed by atoms with Crippen molar-refractivity contribution in [3.8, 4) is 34.7 Å². The predicted octanol–water partition coefficient (Wildman–Crippen LogP) is 2.23. The van der Waals surface area contributed by atoms with E-state index >= 15 is 0 Å². The zero-order chi connectivity index (χ0) is 15.0. The lowest BCUT2D eigenvalue weighted by Crippen LogP contribution is -1.97. The highest BCUT2D eigenvalue weighted by Crippen LogP contribution is 2.42. The van der Waals surface area contributed by atoms with Gasteiger partial charge in [0.25, 0.3) is 0 Å². The Morgan fingerprint density at radius 1 is 0.850 bits per heavy atom. The Bertz CT molecular complexity index is 610. The first-order chi connectivity index (χ1) is 9.42. The van der Waals surface area contributed by atoms with Crippen molar-refractivity contribution < 1.29 is 24.8 Å². The smallest absolute Gasteiger partial charge is 0.201 e. The fraction of sp³-hybridized carbons (Fsp3) is 0.286. The van der Waals surface area contributed by atoms with Crippen molar-refractivity contribution in [1.29, 1.82) is 0 Å². The molecule has 0 aliphatic heterocycles. The maximum Gasteiger partial charge on any atom is 0.201 e. The van der Waals surface area contributed by atoms with Gasteiger partial charge >= 0.3 is 0 Å². The molecule has 3 N–H and O–H groups in total. The molecule has 0 atom stereocenters. The van der Waals surface area contributed by atoms with Crippen LogP contribution in [0.4, 0.5) is 0 Å². The summed E-state index contributed by atoms with van der Waals surface area (Å²) in [6.07, 6.45) is 0. The minimum Gasteiger partial charge on any atom is -0.502 e. The largest absolute Gasteiger partial charge is 0.502 e. The summed E-state index contributed by atoms with van der Waals surface area (Å²) in [5.41, 5.74) is 1.57. The number of hydrogen-bond acceptors (Lipinski definition) is 5. The summed E-state index contributed by atoms with van der Waals surface area (Å²) in [5, 5.41) is 30.1. The van der Waals surface area contributed by atoms with Crippen LogP contribution in [0.1, 0.15) is 11.1 Å². The first-order valence-corrected chi connectivity index (χ1v) is 5.97. The van der Waals surface area contributed by atoms with Gasteiger partial charge in [-0.3, -0.25) is 4.57 Å². The number of hydrogen-bond donors (Lipinski definition) is 3. The summed E-state index contributed by atoms with van der Waals surface area (Å²) in [6, 6.07) is 2.99. The maximum absolute atomic E-state index is 10.1. The molecular formula is C14H17NO5. The second-order valence-corrected chi connectivity index (χ2v) is 4.43. The molecule has 1 aromatic heterocycles. The maximum atomic E-state index is 10.1. The van der Waals surface area contributed by atoms with Gasteiger partial charge in [0.05, 0.1) is 19.9 Å². The first-order valence-electron chi connectivity index (χ1n) is 5.97. The summed E-state index contributed by atoms with van der Waals surface area (Å²) < 4.78 is 11.4. The van der Waals surface area contributed by atoms with E-state index in [4.69, 9.17) is 9.47 Å². The van der Waals surface area contributed by atoms with Crippen LogP contribution in [0.15, 0.2) is 12.1 Å². The van der Waals surface area contributed by atoms with Crippen molar-refractivity contribution in [2.45, 2.75) is 13.8 Å². The molecule has 0 aliphatic carbocycles. The second kappa shape index (κ2) is 4.88. The molecule has 6 heteroatoms. The van der Waals surface area contributed by atoms with Crippen LogP contribution in [0.5, 0.6) is 29.0 Å². The number of rotatable bonds is 3. The summed E-state index contributed by atoms with van der Waals surface area (Å²) in [6.45, 7) is 3.41. The number of aromatic hydroxyl groups is 3.